The fourth-order valence-electron chi connectivity index (χ4n) is 0.892. The summed E-state index contributed by atoms with van der Waals surface area (Å²) in [5.74, 6) is -0.137. The van der Waals surface area contributed by atoms with Gasteiger partial charge in [-0.3, -0.25) is 4.79 Å². The van der Waals surface area contributed by atoms with Crippen LogP contribution in [0.3, 0.4) is 0 Å². The molecule has 0 aromatic rings. The minimum absolute atomic E-state index is 0.109. The van der Waals surface area contributed by atoms with E-state index in [1.165, 1.54) is 7.11 Å². The maximum atomic E-state index is 10.9. The summed E-state index contributed by atoms with van der Waals surface area (Å²) in [5.41, 5.74) is 0.109. The van der Waals surface area contributed by atoms with E-state index in [-0.39, 0.29) is 11.4 Å². The van der Waals surface area contributed by atoms with Crippen molar-refractivity contribution >= 4 is 37.8 Å². The van der Waals surface area contributed by atoms with E-state index in [0.717, 1.165) is 11.8 Å². The molecule has 4 heteroatoms. The SMILES string of the molecule is COC(=O)CCC(C)(C)C(Br)CBr. The monoisotopic (exact) mass is 314 g/mol. The predicted octanol–water partition coefficient (Wildman–Crippen LogP) is 3.12. The van der Waals surface area contributed by atoms with Crippen molar-refractivity contribution in [3.05, 3.63) is 0 Å². The average Bonchev–Trinajstić information content (AvgIpc) is 2.12. The van der Waals surface area contributed by atoms with E-state index < -0.39 is 0 Å². The topological polar surface area (TPSA) is 26.3 Å². The molecule has 1 atom stereocenters. The molecule has 0 fully saturated rings. The Morgan fingerprint density at radius 3 is 2.46 bits per heavy atom. The molecule has 0 aliphatic carbocycles. The number of rotatable bonds is 5. The molecule has 1 unspecified atom stereocenters. The average molecular weight is 316 g/mol. The van der Waals surface area contributed by atoms with Gasteiger partial charge in [-0.15, -0.1) is 0 Å². The molecule has 78 valence electrons. The second-order valence-electron chi connectivity index (χ2n) is 3.69. The summed E-state index contributed by atoms with van der Waals surface area (Å²) in [7, 11) is 1.42. The molecule has 0 saturated carbocycles. The molecule has 0 bridgehead atoms. The van der Waals surface area contributed by atoms with Crippen molar-refractivity contribution in [3.63, 3.8) is 0 Å². The first-order valence-corrected chi connectivity index (χ1v) is 6.24. The lowest BCUT2D eigenvalue weighted by Gasteiger charge is -2.28. The van der Waals surface area contributed by atoms with Crippen LogP contribution in [0.15, 0.2) is 0 Å². The number of carbonyl (C=O) groups is 1. The third-order valence-electron chi connectivity index (χ3n) is 2.18. The third-order valence-corrected chi connectivity index (χ3v) is 5.26. The van der Waals surface area contributed by atoms with Crippen molar-refractivity contribution in [2.75, 3.05) is 12.4 Å². The minimum atomic E-state index is -0.137. The number of ether oxygens (including phenoxy) is 1. The lowest BCUT2D eigenvalue weighted by Crippen LogP contribution is -2.26. The number of methoxy groups -OCH3 is 1. The summed E-state index contributed by atoms with van der Waals surface area (Å²) in [6, 6.07) is 0. The number of alkyl halides is 2. The van der Waals surface area contributed by atoms with Crippen LogP contribution in [0.5, 0.6) is 0 Å². The molecule has 0 aromatic carbocycles. The molecule has 0 spiro atoms. The largest absolute Gasteiger partial charge is 0.469 e. The van der Waals surface area contributed by atoms with Crippen molar-refractivity contribution in [2.45, 2.75) is 31.5 Å². The molecule has 13 heavy (non-hydrogen) atoms. The second-order valence-corrected chi connectivity index (χ2v) is 5.44. The van der Waals surface area contributed by atoms with Gasteiger partial charge in [0, 0.05) is 16.6 Å². The molecule has 0 N–H and O–H groups in total. The van der Waals surface area contributed by atoms with Crippen molar-refractivity contribution in [2.24, 2.45) is 5.41 Å². The van der Waals surface area contributed by atoms with E-state index in [1.807, 2.05) is 0 Å². The Bertz CT molecular complexity index is 169. The van der Waals surface area contributed by atoms with Crippen molar-refractivity contribution < 1.29 is 9.53 Å². The van der Waals surface area contributed by atoms with E-state index in [9.17, 15) is 4.79 Å². The number of carbonyl (C=O) groups excluding carboxylic acids is 1. The van der Waals surface area contributed by atoms with Crippen LogP contribution in [0, 0.1) is 5.41 Å². The molecular formula is C9H16Br2O2. The second kappa shape index (κ2) is 6.02. The first-order valence-electron chi connectivity index (χ1n) is 4.21. The van der Waals surface area contributed by atoms with Gasteiger partial charge in [-0.25, -0.2) is 0 Å². The Morgan fingerprint density at radius 2 is 2.08 bits per heavy atom. The molecule has 0 saturated heterocycles. The van der Waals surface area contributed by atoms with Crippen molar-refractivity contribution in [1.82, 2.24) is 0 Å². The molecule has 0 amide bonds. The van der Waals surface area contributed by atoms with E-state index in [0.29, 0.717) is 11.2 Å². The number of halogens is 2. The lowest BCUT2D eigenvalue weighted by molar-refractivity contribution is -0.141. The highest BCUT2D eigenvalue weighted by Crippen LogP contribution is 2.33. The van der Waals surface area contributed by atoms with E-state index in [4.69, 9.17) is 0 Å². The Labute approximate surface area is 96.7 Å². The molecule has 0 heterocycles. The van der Waals surface area contributed by atoms with Gasteiger partial charge in [-0.05, 0) is 11.8 Å². The Morgan fingerprint density at radius 1 is 1.54 bits per heavy atom. The molecule has 2 nitrogen and oxygen atoms in total. The molecule has 0 rings (SSSR count). The molecule has 0 aliphatic heterocycles. The highest BCUT2D eigenvalue weighted by atomic mass is 79.9. The summed E-state index contributed by atoms with van der Waals surface area (Å²) >= 11 is 6.98. The predicted molar refractivity (Wildman–Crippen MR) is 61.5 cm³/mol. The lowest BCUT2D eigenvalue weighted by atomic mass is 9.85. The van der Waals surface area contributed by atoms with Gasteiger partial charge in [-0.2, -0.15) is 0 Å². The van der Waals surface area contributed by atoms with E-state index in [2.05, 4.69) is 50.4 Å². The van der Waals surface area contributed by atoms with Gasteiger partial charge in [0.15, 0.2) is 0 Å². The van der Waals surface area contributed by atoms with Crippen LogP contribution in [-0.4, -0.2) is 23.2 Å². The van der Waals surface area contributed by atoms with Gasteiger partial charge in [0.2, 0.25) is 0 Å². The minimum Gasteiger partial charge on any atom is -0.469 e. The summed E-state index contributed by atoms with van der Waals surface area (Å²) < 4.78 is 4.59. The first-order chi connectivity index (χ1) is 5.94. The normalized spacial score (nSPS) is 13.9. The van der Waals surface area contributed by atoms with Gasteiger partial charge in [-0.1, -0.05) is 45.7 Å². The van der Waals surface area contributed by atoms with Crippen LogP contribution in [0.4, 0.5) is 0 Å². The van der Waals surface area contributed by atoms with Gasteiger partial charge < -0.3 is 4.74 Å². The fraction of sp³-hybridized carbons (Fsp3) is 0.889. The molecular weight excluding hydrogens is 300 g/mol. The van der Waals surface area contributed by atoms with Crippen molar-refractivity contribution in [1.29, 1.82) is 0 Å². The van der Waals surface area contributed by atoms with E-state index >= 15 is 0 Å². The quantitative estimate of drug-likeness (QED) is 0.575. The fourth-order valence-corrected chi connectivity index (χ4v) is 2.00. The number of hydrogen-bond donors (Lipinski definition) is 0. The third kappa shape index (κ3) is 5.01. The van der Waals surface area contributed by atoms with E-state index in [1.54, 1.807) is 0 Å². The number of hydrogen-bond acceptors (Lipinski definition) is 2. The van der Waals surface area contributed by atoms with Gasteiger partial charge in [0.25, 0.3) is 0 Å². The maximum Gasteiger partial charge on any atom is 0.305 e. The summed E-state index contributed by atoms with van der Waals surface area (Å²) in [6.07, 6.45) is 1.32. The van der Waals surface area contributed by atoms with Gasteiger partial charge >= 0.3 is 5.97 Å². The maximum absolute atomic E-state index is 10.9. The zero-order valence-corrected chi connectivity index (χ0v) is 11.4. The smallest absolute Gasteiger partial charge is 0.305 e. The van der Waals surface area contributed by atoms with Crippen LogP contribution >= 0.6 is 31.9 Å². The van der Waals surface area contributed by atoms with Gasteiger partial charge in [0.1, 0.15) is 0 Å². The summed E-state index contributed by atoms with van der Waals surface area (Å²) in [5, 5.41) is 0.890. The van der Waals surface area contributed by atoms with Crippen LogP contribution < -0.4 is 0 Å². The zero-order chi connectivity index (χ0) is 10.5. The number of esters is 1. The van der Waals surface area contributed by atoms with Crippen molar-refractivity contribution in [3.8, 4) is 0 Å². The Balaban J connectivity index is 3.95. The summed E-state index contributed by atoms with van der Waals surface area (Å²) in [6.45, 7) is 4.27. The Kier molecular flexibility index (Phi) is 6.21. The highest BCUT2D eigenvalue weighted by molar-refractivity contribution is 9.12. The molecule has 0 aliphatic rings. The van der Waals surface area contributed by atoms with Crippen LogP contribution in [-0.2, 0) is 9.53 Å². The van der Waals surface area contributed by atoms with Crippen LogP contribution in [0.2, 0.25) is 0 Å². The van der Waals surface area contributed by atoms with Crippen LogP contribution in [0.25, 0.3) is 0 Å². The summed E-state index contributed by atoms with van der Waals surface area (Å²) in [4.78, 5) is 11.3. The molecule has 0 aromatic heterocycles. The zero-order valence-electron chi connectivity index (χ0n) is 8.27. The first kappa shape index (κ1) is 13.4. The standard InChI is InChI=1S/C9H16Br2O2/c1-9(2,7(11)6-10)5-4-8(12)13-3/h7H,4-6H2,1-3H3. The molecule has 0 radical (unpaired) electrons. The Hall–Kier alpha value is 0.430. The van der Waals surface area contributed by atoms with Gasteiger partial charge in [0.05, 0.1) is 7.11 Å². The van der Waals surface area contributed by atoms with Crippen LogP contribution in [0.1, 0.15) is 26.7 Å². The highest BCUT2D eigenvalue weighted by Gasteiger charge is 2.27.